The first-order valence-electron chi connectivity index (χ1n) is 5.60. The highest BCUT2D eigenvalue weighted by Crippen LogP contribution is 2.25. The minimum absolute atomic E-state index is 0. The predicted molar refractivity (Wildman–Crippen MR) is 85.8 cm³/mol. The Kier molecular flexibility index (Phi) is 14.1. The van der Waals surface area contributed by atoms with Gasteiger partial charge in [0.2, 0.25) is 0 Å². The molecular formula is C12H20Cl4N2. The van der Waals surface area contributed by atoms with Crippen LogP contribution in [0, 0.1) is 0 Å². The third kappa shape index (κ3) is 7.67. The zero-order valence-corrected chi connectivity index (χ0v) is 13.5. The van der Waals surface area contributed by atoms with E-state index in [4.69, 9.17) is 23.2 Å². The van der Waals surface area contributed by atoms with E-state index < -0.39 is 0 Å². The van der Waals surface area contributed by atoms with E-state index in [0.29, 0.717) is 10.0 Å². The van der Waals surface area contributed by atoms with Gasteiger partial charge in [-0.3, -0.25) is 0 Å². The summed E-state index contributed by atoms with van der Waals surface area (Å²) in [4.78, 5) is 0. The Morgan fingerprint density at radius 1 is 1.06 bits per heavy atom. The Balaban J connectivity index is 0. The van der Waals surface area contributed by atoms with Crippen LogP contribution in [0.1, 0.15) is 18.9 Å². The summed E-state index contributed by atoms with van der Waals surface area (Å²) in [5.41, 5.74) is 1.05. The van der Waals surface area contributed by atoms with Gasteiger partial charge < -0.3 is 10.6 Å². The second kappa shape index (κ2) is 12.3. The van der Waals surface area contributed by atoms with Crippen molar-refractivity contribution in [2.75, 3.05) is 19.6 Å². The second-order valence-electron chi connectivity index (χ2n) is 3.60. The molecule has 0 atom stereocenters. The van der Waals surface area contributed by atoms with E-state index in [2.05, 4.69) is 17.6 Å². The van der Waals surface area contributed by atoms with Crippen LogP contribution >= 0.6 is 48.0 Å². The summed E-state index contributed by atoms with van der Waals surface area (Å²) < 4.78 is 0. The average Bonchev–Trinajstić information content (AvgIpc) is 2.29. The lowest BCUT2D eigenvalue weighted by atomic mass is 10.2. The van der Waals surface area contributed by atoms with E-state index in [1.165, 1.54) is 0 Å². The molecular weight excluding hydrogens is 314 g/mol. The summed E-state index contributed by atoms with van der Waals surface area (Å²) in [6.45, 7) is 5.94. The molecule has 0 unspecified atom stereocenters. The zero-order chi connectivity index (χ0) is 11.8. The van der Waals surface area contributed by atoms with Crippen LogP contribution in [0.2, 0.25) is 10.0 Å². The van der Waals surface area contributed by atoms with Gasteiger partial charge in [0.1, 0.15) is 0 Å². The minimum atomic E-state index is 0. The highest BCUT2D eigenvalue weighted by molar-refractivity contribution is 6.42. The maximum atomic E-state index is 6.07. The molecule has 1 aromatic rings. The van der Waals surface area contributed by atoms with E-state index in [9.17, 15) is 0 Å². The quantitative estimate of drug-likeness (QED) is 0.739. The van der Waals surface area contributed by atoms with Gasteiger partial charge in [0, 0.05) is 6.54 Å². The van der Waals surface area contributed by atoms with Gasteiger partial charge in [-0.25, -0.2) is 0 Å². The van der Waals surface area contributed by atoms with E-state index in [-0.39, 0.29) is 24.8 Å². The molecule has 106 valence electrons. The summed E-state index contributed by atoms with van der Waals surface area (Å²) >= 11 is 12.0. The topological polar surface area (TPSA) is 24.1 Å². The van der Waals surface area contributed by atoms with Crippen LogP contribution in [0.4, 0.5) is 0 Å². The summed E-state index contributed by atoms with van der Waals surface area (Å²) in [6, 6.07) is 5.72. The van der Waals surface area contributed by atoms with Gasteiger partial charge in [-0.2, -0.15) is 0 Å². The van der Waals surface area contributed by atoms with Crippen LogP contribution in [0.3, 0.4) is 0 Å². The molecule has 0 heterocycles. The maximum absolute atomic E-state index is 6.07. The maximum Gasteiger partial charge on any atom is 0.0637 e. The van der Waals surface area contributed by atoms with Crippen molar-refractivity contribution in [1.29, 1.82) is 0 Å². The van der Waals surface area contributed by atoms with Crippen LogP contribution < -0.4 is 10.6 Å². The van der Waals surface area contributed by atoms with E-state index >= 15 is 0 Å². The molecule has 0 aliphatic rings. The van der Waals surface area contributed by atoms with E-state index in [1.807, 2.05) is 12.1 Å². The number of benzene rings is 1. The fourth-order valence-electron chi connectivity index (χ4n) is 1.42. The van der Waals surface area contributed by atoms with Crippen molar-refractivity contribution < 1.29 is 0 Å². The normalized spacial score (nSPS) is 9.50. The monoisotopic (exact) mass is 332 g/mol. The molecule has 0 spiro atoms. The Morgan fingerprint density at radius 2 is 1.72 bits per heavy atom. The first-order chi connectivity index (χ1) is 7.75. The molecule has 6 heteroatoms. The number of hydrogen-bond donors (Lipinski definition) is 2. The molecule has 1 rings (SSSR count). The van der Waals surface area contributed by atoms with E-state index in [1.54, 1.807) is 6.07 Å². The predicted octanol–water partition coefficient (Wildman–Crippen LogP) is 3.93. The van der Waals surface area contributed by atoms with Gasteiger partial charge in [-0.15, -0.1) is 24.8 Å². The zero-order valence-electron chi connectivity index (χ0n) is 10.3. The van der Waals surface area contributed by atoms with Crippen molar-refractivity contribution in [3.05, 3.63) is 33.8 Å². The van der Waals surface area contributed by atoms with Gasteiger partial charge in [0.05, 0.1) is 10.0 Å². The Hall–Kier alpha value is 0.300. The lowest BCUT2D eigenvalue weighted by Gasteiger charge is -2.07. The summed E-state index contributed by atoms with van der Waals surface area (Å²) in [6.07, 6.45) is 1.12. The van der Waals surface area contributed by atoms with Gasteiger partial charge >= 0.3 is 0 Å². The molecule has 0 bridgehead atoms. The van der Waals surface area contributed by atoms with Crippen LogP contribution in [0.15, 0.2) is 18.2 Å². The second-order valence-corrected chi connectivity index (χ2v) is 4.38. The lowest BCUT2D eigenvalue weighted by molar-refractivity contribution is 0.606. The summed E-state index contributed by atoms with van der Waals surface area (Å²) in [5, 5.41) is 7.90. The molecule has 2 N–H and O–H groups in total. The van der Waals surface area contributed by atoms with Gasteiger partial charge in [-0.05, 0) is 37.7 Å². The highest BCUT2D eigenvalue weighted by atomic mass is 35.5. The molecule has 0 saturated heterocycles. The molecule has 0 aromatic heterocycles. The molecule has 1 aromatic carbocycles. The van der Waals surface area contributed by atoms with Crippen molar-refractivity contribution in [2.45, 2.75) is 19.9 Å². The van der Waals surface area contributed by atoms with Gasteiger partial charge in [0.25, 0.3) is 0 Å². The lowest BCUT2D eigenvalue weighted by Crippen LogP contribution is -2.21. The number of rotatable bonds is 7. The molecule has 0 fully saturated rings. The minimum Gasteiger partial charge on any atom is -0.317 e. The van der Waals surface area contributed by atoms with E-state index in [0.717, 1.165) is 38.2 Å². The molecule has 0 aliphatic carbocycles. The first kappa shape index (κ1) is 20.6. The highest BCUT2D eigenvalue weighted by Gasteiger charge is 2.02. The number of halogens is 4. The number of hydrogen-bond acceptors (Lipinski definition) is 2. The fraction of sp³-hybridized carbons (Fsp3) is 0.500. The molecule has 18 heavy (non-hydrogen) atoms. The van der Waals surface area contributed by atoms with Crippen molar-refractivity contribution in [2.24, 2.45) is 0 Å². The SMILES string of the molecule is CCNCCCNCc1cccc(Cl)c1Cl.Cl.Cl. The van der Waals surface area contributed by atoms with Crippen molar-refractivity contribution in [3.63, 3.8) is 0 Å². The Bertz CT molecular complexity index is 321. The van der Waals surface area contributed by atoms with Crippen molar-refractivity contribution in [1.82, 2.24) is 10.6 Å². The van der Waals surface area contributed by atoms with Gasteiger partial charge in [0.15, 0.2) is 0 Å². The molecule has 0 radical (unpaired) electrons. The Labute approximate surface area is 132 Å². The van der Waals surface area contributed by atoms with Crippen LogP contribution in [-0.2, 0) is 6.54 Å². The average molecular weight is 334 g/mol. The molecule has 0 aliphatic heterocycles. The van der Waals surface area contributed by atoms with Crippen molar-refractivity contribution >= 4 is 48.0 Å². The third-order valence-electron chi connectivity index (χ3n) is 2.30. The van der Waals surface area contributed by atoms with Crippen molar-refractivity contribution in [3.8, 4) is 0 Å². The first-order valence-corrected chi connectivity index (χ1v) is 6.35. The van der Waals surface area contributed by atoms with Crippen LogP contribution in [0.25, 0.3) is 0 Å². The number of nitrogens with one attached hydrogen (secondary N) is 2. The van der Waals surface area contributed by atoms with Gasteiger partial charge in [-0.1, -0.05) is 42.3 Å². The summed E-state index contributed by atoms with van der Waals surface area (Å²) in [5.74, 6) is 0. The van der Waals surface area contributed by atoms with Crippen LogP contribution in [-0.4, -0.2) is 19.6 Å². The Morgan fingerprint density at radius 3 is 2.39 bits per heavy atom. The fourth-order valence-corrected chi connectivity index (χ4v) is 1.81. The van der Waals surface area contributed by atoms with Crippen LogP contribution in [0.5, 0.6) is 0 Å². The molecule has 0 amide bonds. The summed E-state index contributed by atoms with van der Waals surface area (Å²) in [7, 11) is 0. The largest absolute Gasteiger partial charge is 0.317 e. The standard InChI is InChI=1S/C12H18Cl2N2.2ClH/c1-2-15-7-4-8-16-9-10-5-3-6-11(13)12(10)14;;/h3,5-6,15-16H,2,4,7-9H2,1H3;2*1H. The smallest absolute Gasteiger partial charge is 0.0637 e. The molecule has 2 nitrogen and oxygen atoms in total. The molecule has 0 saturated carbocycles. The third-order valence-corrected chi connectivity index (χ3v) is 3.16.